The first kappa shape index (κ1) is 20.3. The number of nitrogens with one attached hydrogen (secondary N) is 1. The number of hydrogen-bond acceptors (Lipinski definition) is 4. The smallest absolute Gasteiger partial charge is 0.352 e. The number of benzene rings is 2. The van der Waals surface area contributed by atoms with Gasteiger partial charge in [-0.15, -0.1) is 0 Å². The molecule has 7 heteroatoms. The fourth-order valence-corrected chi connectivity index (χ4v) is 2.58. The van der Waals surface area contributed by atoms with Crippen LogP contribution in [-0.4, -0.2) is 24.1 Å². The van der Waals surface area contributed by atoms with Gasteiger partial charge in [0.1, 0.15) is 12.3 Å². The molecule has 0 bridgehead atoms. The molecule has 2 N–H and O–H groups in total. The third-order valence-corrected chi connectivity index (χ3v) is 3.89. The zero-order valence-electron chi connectivity index (χ0n) is 15.2. The zero-order valence-corrected chi connectivity index (χ0v) is 16.0. The summed E-state index contributed by atoms with van der Waals surface area (Å²) < 4.78 is 11.1. The molecule has 0 fully saturated rings. The molecule has 2 aromatic carbocycles. The molecule has 6 nitrogen and oxygen atoms in total. The molecule has 0 spiro atoms. The Morgan fingerprint density at radius 2 is 1.89 bits per heavy atom. The van der Waals surface area contributed by atoms with Crippen LogP contribution in [0.2, 0.25) is 5.02 Å². The number of carboxylic acid groups (broad SMARTS) is 1. The lowest BCUT2D eigenvalue weighted by atomic mass is 10.1. The van der Waals surface area contributed by atoms with Crippen LogP contribution in [0, 0.1) is 6.92 Å². The van der Waals surface area contributed by atoms with Gasteiger partial charge in [0.05, 0.1) is 12.1 Å². The number of carboxylic acids is 1. The molecule has 0 aliphatic heterocycles. The van der Waals surface area contributed by atoms with E-state index in [1.807, 2.05) is 31.2 Å². The van der Waals surface area contributed by atoms with Gasteiger partial charge in [0.2, 0.25) is 5.91 Å². The quantitative estimate of drug-likeness (QED) is 0.703. The van der Waals surface area contributed by atoms with Gasteiger partial charge in [-0.1, -0.05) is 41.4 Å². The van der Waals surface area contributed by atoms with E-state index >= 15 is 0 Å². The van der Waals surface area contributed by atoms with Gasteiger partial charge < -0.3 is 19.9 Å². The molecule has 0 atom stereocenters. The maximum atomic E-state index is 11.3. The highest BCUT2D eigenvalue weighted by molar-refractivity contribution is 6.32. The molecule has 0 saturated heterocycles. The van der Waals surface area contributed by atoms with Crippen molar-refractivity contribution in [2.45, 2.75) is 20.5 Å². The maximum absolute atomic E-state index is 11.3. The average molecular weight is 390 g/mol. The second-order valence-electron chi connectivity index (χ2n) is 5.85. The normalized spacial score (nSPS) is 11.0. The van der Waals surface area contributed by atoms with E-state index in [1.54, 1.807) is 12.1 Å². The van der Waals surface area contributed by atoms with E-state index in [0.717, 1.165) is 11.1 Å². The number of amides is 1. The zero-order chi connectivity index (χ0) is 20.0. The number of hydrogen-bond donors (Lipinski definition) is 2. The number of aryl methyl sites for hydroxylation is 1. The summed E-state index contributed by atoms with van der Waals surface area (Å²) in [6.07, 6.45) is 1.29. The van der Waals surface area contributed by atoms with Crippen LogP contribution in [-0.2, 0) is 16.2 Å². The van der Waals surface area contributed by atoms with E-state index in [-0.39, 0.29) is 10.7 Å². The van der Waals surface area contributed by atoms with E-state index in [4.69, 9.17) is 21.1 Å². The molecule has 142 valence electrons. The summed E-state index contributed by atoms with van der Waals surface area (Å²) in [5, 5.41) is 11.7. The lowest BCUT2D eigenvalue weighted by Crippen LogP contribution is -2.24. The lowest BCUT2D eigenvalue weighted by molar-refractivity contribution is -0.134. The fourth-order valence-electron chi connectivity index (χ4n) is 2.31. The second kappa shape index (κ2) is 9.09. The Morgan fingerprint density at radius 1 is 1.22 bits per heavy atom. The van der Waals surface area contributed by atoms with Crippen LogP contribution in [0.5, 0.6) is 11.5 Å². The minimum Gasteiger partial charge on any atom is -0.493 e. The molecular formula is C20H20ClNO5. The summed E-state index contributed by atoms with van der Waals surface area (Å²) in [6, 6.07) is 11.0. The van der Waals surface area contributed by atoms with E-state index in [1.165, 1.54) is 20.1 Å². The number of halogens is 1. The monoisotopic (exact) mass is 389 g/mol. The molecule has 0 unspecified atom stereocenters. The van der Waals surface area contributed by atoms with Crippen molar-refractivity contribution in [2.75, 3.05) is 7.11 Å². The number of methoxy groups -OCH3 is 1. The second-order valence-corrected chi connectivity index (χ2v) is 6.26. The third kappa shape index (κ3) is 5.76. The number of carbonyl (C=O) groups excluding carboxylic acids is 1. The first-order valence-corrected chi connectivity index (χ1v) is 8.46. The highest BCUT2D eigenvalue weighted by atomic mass is 35.5. The minimum atomic E-state index is -1.26. The molecule has 1 amide bonds. The number of carbonyl (C=O) groups is 2. The summed E-state index contributed by atoms with van der Waals surface area (Å²) in [5.41, 5.74) is 2.31. The van der Waals surface area contributed by atoms with Gasteiger partial charge in [-0.25, -0.2) is 4.79 Å². The Kier molecular flexibility index (Phi) is 6.85. The van der Waals surface area contributed by atoms with Gasteiger partial charge in [-0.3, -0.25) is 4.79 Å². The first-order chi connectivity index (χ1) is 12.8. The Bertz CT molecular complexity index is 875. The highest BCUT2D eigenvalue weighted by Gasteiger charge is 2.14. The first-order valence-electron chi connectivity index (χ1n) is 8.08. The highest BCUT2D eigenvalue weighted by Crippen LogP contribution is 2.37. The SMILES string of the molecule is COc1cc(/C=C(/NC(C)=O)C(=O)O)cc(Cl)c1OCc1ccc(C)cc1. The van der Waals surface area contributed by atoms with Crippen molar-refractivity contribution < 1.29 is 24.2 Å². The molecule has 0 aliphatic rings. The molecule has 27 heavy (non-hydrogen) atoms. The molecule has 2 aromatic rings. The predicted molar refractivity (Wildman–Crippen MR) is 103 cm³/mol. The standard InChI is InChI=1S/C20H20ClNO5/c1-12-4-6-14(7-5-12)11-27-19-16(21)8-15(10-18(19)26-3)9-17(20(24)25)22-13(2)23/h4-10H,11H2,1-3H3,(H,22,23)(H,24,25)/b17-9+. The van der Waals surface area contributed by atoms with Crippen LogP contribution in [0.1, 0.15) is 23.6 Å². The van der Waals surface area contributed by atoms with Crippen molar-refractivity contribution in [3.8, 4) is 11.5 Å². The van der Waals surface area contributed by atoms with Gasteiger partial charge in [0, 0.05) is 6.92 Å². The van der Waals surface area contributed by atoms with E-state index in [9.17, 15) is 14.7 Å². The summed E-state index contributed by atoms with van der Waals surface area (Å²) >= 11 is 6.30. The molecular weight excluding hydrogens is 370 g/mol. The summed E-state index contributed by atoms with van der Waals surface area (Å²) in [7, 11) is 1.46. The topological polar surface area (TPSA) is 84.9 Å². The van der Waals surface area contributed by atoms with Crippen LogP contribution >= 0.6 is 11.6 Å². The van der Waals surface area contributed by atoms with Crippen molar-refractivity contribution in [2.24, 2.45) is 0 Å². The van der Waals surface area contributed by atoms with Crippen LogP contribution < -0.4 is 14.8 Å². The van der Waals surface area contributed by atoms with Crippen molar-refractivity contribution >= 4 is 29.6 Å². The predicted octanol–water partition coefficient (Wildman–Crippen LogP) is 3.80. The van der Waals surface area contributed by atoms with Gasteiger partial charge in [0.25, 0.3) is 0 Å². The number of ether oxygens (including phenoxy) is 2. The molecule has 0 aliphatic carbocycles. The van der Waals surface area contributed by atoms with Crippen LogP contribution in [0.3, 0.4) is 0 Å². The van der Waals surface area contributed by atoms with Crippen LogP contribution in [0.25, 0.3) is 6.08 Å². The Morgan fingerprint density at radius 3 is 2.44 bits per heavy atom. The third-order valence-electron chi connectivity index (χ3n) is 3.61. The maximum Gasteiger partial charge on any atom is 0.352 e. The Hall–Kier alpha value is -2.99. The molecule has 0 saturated carbocycles. The van der Waals surface area contributed by atoms with E-state index in [2.05, 4.69) is 5.32 Å². The van der Waals surface area contributed by atoms with E-state index in [0.29, 0.717) is 23.7 Å². The minimum absolute atomic E-state index is 0.264. The Balaban J connectivity index is 2.29. The Labute approximate surface area is 162 Å². The van der Waals surface area contributed by atoms with Gasteiger partial charge in [-0.2, -0.15) is 0 Å². The van der Waals surface area contributed by atoms with Gasteiger partial charge in [-0.05, 0) is 36.3 Å². The largest absolute Gasteiger partial charge is 0.493 e. The lowest BCUT2D eigenvalue weighted by Gasteiger charge is -2.14. The van der Waals surface area contributed by atoms with E-state index < -0.39 is 11.9 Å². The van der Waals surface area contributed by atoms with Crippen LogP contribution in [0.15, 0.2) is 42.1 Å². The van der Waals surface area contributed by atoms with Crippen molar-refractivity contribution in [3.05, 3.63) is 63.8 Å². The van der Waals surface area contributed by atoms with Crippen molar-refractivity contribution in [3.63, 3.8) is 0 Å². The summed E-state index contributed by atoms with van der Waals surface area (Å²) in [5.74, 6) is -1.04. The summed E-state index contributed by atoms with van der Waals surface area (Å²) in [6.45, 7) is 3.54. The summed E-state index contributed by atoms with van der Waals surface area (Å²) in [4.78, 5) is 22.4. The molecule has 0 aromatic heterocycles. The molecule has 0 radical (unpaired) electrons. The van der Waals surface area contributed by atoms with Crippen molar-refractivity contribution in [1.29, 1.82) is 0 Å². The number of rotatable bonds is 7. The fraction of sp³-hybridized carbons (Fsp3) is 0.200. The van der Waals surface area contributed by atoms with Crippen molar-refractivity contribution in [1.82, 2.24) is 5.32 Å². The van der Waals surface area contributed by atoms with Gasteiger partial charge >= 0.3 is 5.97 Å². The molecule has 0 heterocycles. The van der Waals surface area contributed by atoms with Crippen LogP contribution in [0.4, 0.5) is 0 Å². The van der Waals surface area contributed by atoms with Gasteiger partial charge in [0.15, 0.2) is 11.5 Å². The number of aliphatic carboxylic acids is 1. The molecule has 2 rings (SSSR count). The average Bonchev–Trinajstić information content (AvgIpc) is 2.60.